The van der Waals surface area contributed by atoms with Crippen molar-refractivity contribution in [3.63, 3.8) is 0 Å². The van der Waals surface area contributed by atoms with Crippen LogP contribution in [0.5, 0.6) is 0 Å². The zero-order valence-corrected chi connectivity index (χ0v) is 12.8. The van der Waals surface area contributed by atoms with E-state index in [1.54, 1.807) is 9.97 Å². The number of nitrogens with zero attached hydrogens (tertiary/aromatic N) is 4. The first-order chi connectivity index (χ1) is 10.1. The molecule has 0 saturated heterocycles. The second-order valence-corrected chi connectivity index (χ2v) is 4.51. The first-order valence-electron chi connectivity index (χ1n) is 4.69. The summed E-state index contributed by atoms with van der Waals surface area (Å²) in [6, 6.07) is 0. The lowest BCUT2D eigenvalue weighted by Crippen LogP contribution is -2.43. The Balaban J connectivity index is 0.000000220. The Kier molecular flexibility index (Phi) is 5.59. The van der Waals surface area contributed by atoms with Crippen molar-refractivity contribution in [2.45, 2.75) is 0 Å². The Morgan fingerprint density at radius 3 is 0.864 bits per heavy atom. The molecule has 2 aromatic heterocycles. The first-order valence-corrected chi connectivity index (χ1v) is 6.04. The number of aromatic nitrogens is 6. The van der Waals surface area contributed by atoms with Gasteiger partial charge in [0, 0.05) is 47.1 Å². The van der Waals surface area contributed by atoms with E-state index in [1.807, 2.05) is 0 Å². The highest BCUT2D eigenvalue weighted by Gasteiger charge is 2.05. The Morgan fingerprint density at radius 1 is 0.500 bits per heavy atom. The minimum atomic E-state index is -1.10. The van der Waals surface area contributed by atoms with Gasteiger partial charge < -0.3 is 0 Å². The van der Waals surface area contributed by atoms with Crippen LogP contribution in [0.1, 0.15) is 0 Å². The molecule has 0 amide bonds. The van der Waals surface area contributed by atoms with Gasteiger partial charge in [0.25, 0.3) is 0 Å². The predicted octanol–water partition coefficient (Wildman–Crippen LogP) is -2.60. The van der Waals surface area contributed by atoms with Crippen LogP contribution in [0.4, 0.5) is 0 Å². The summed E-state index contributed by atoms with van der Waals surface area (Å²) in [6.07, 6.45) is 0. The Labute approximate surface area is 136 Å². The van der Waals surface area contributed by atoms with E-state index in [4.69, 9.17) is 47.1 Å². The maximum Gasteiger partial charge on any atom is 0.366 e. The largest absolute Gasteiger partial charge is 0.366 e. The number of halogens is 4. The highest BCUT2D eigenvalue weighted by molar-refractivity contribution is 6.17. The van der Waals surface area contributed by atoms with Crippen molar-refractivity contribution in [3.8, 4) is 0 Å². The SMILES string of the molecule is O=c1[nH]c(=O)n(Cl)c(=O)n1Cl.O=c1[nH]c(=O)n(Cl)c(=O)n1Cl. The normalized spacial score (nSPS) is 10.0. The van der Waals surface area contributed by atoms with Gasteiger partial charge in [0.1, 0.15) is 0 Å². The number of nitrogens with one attached hydrogen (secondary N) is 2. The van der Waals surface area contributed by atoms with E-state index in [1.165, 1.54) is 0 Å². The van der Waals surface area contributed by atoms with Crippen LogP contribution in [-0.2, 0) is 0 Å². The minimum Gasteiger partial charge on any atom is -0.257 e. The van der Waals surface area contributed by atoms with Crippen LogP contribution in [0.15, 0.2) is 28.8 Å². The average Bonchev–Trinajstić information content (AvgIpc) is 2.47. The highest BCUT2D eigenvalue weighted by atomic mass is 35.5. The lowest BCUT2D eigenvalue weighted by atomic mass is 11.0. The molecule has 0 fully saturated rings. The van der Waals surface area contributed by atoms with Crippen LogP contribution in [0.25, 0.3) is 0 Å². The van der Waals surface area contributed by atoms with E-state index >= 15 is 0 Å². The Bertz CT molecular complexity index is 892. The van der Waals surface area contributed by atoms with E-state index in [9.17, 15) is 28.8 Å². The van der Waals surface area contributed by atoms with Gasteiger partial charge in [0.15, 0.2) is 0 Å². The van der Waals surface area contributed by atoms with Crippen molar-refractivity contribution < 1.29 is 0 Å². The third-order valence-corrected chi connectivity index (χ3v) is 3.01. The maximum absolute atomic E-state index is 10.7. The van der Waals surface area contributed by atoms with Crippen LogP contribution < -0.4 is 34.1 Å². The summed E-state index contributed by atoms with van der Waals surface area (Å²) in [6.45, 7) is 0. The molecule has 0 bridgehead atoms. The number of aromatic amines is 2. The van der Waals surface area contributed by atoms with Gasteiger partial charge in [-0.2, -0.15) is 0 Å². The molecule has 0 atom stereocenters. The van der Waals surface area contributed by atoms with Gasteiger partial charge in [-0.05, 0) is 0 Å². The number of hydrogen-bond acceptors (Lipinski definition) is 6. The molecule has 2 N–H and O–H groups in total. The van der Waals surface area contributed by atoms with Crippen molar-refractivity contribution in [1.29, 1.82) is 0 Å². The summed E-state index contributed by atoms with van der Waals surface area (Å²) in [7, 11) is 0. The molecule has 0 spiro atoms. The van der Waals surface area contributed by atoms with Gasteiger partial charge >= 0.3 is 34.1 Å². The van der Waals surface area contributed by atoms with Crippen LogP contribution in [-0.4, -0.2) is 26.3 Å². The van der Waals surface area contributed by atoms with Gasteiger partial charge in [-0.25, -0.2) is 28.8 Å². The molecule has 16 heteroatoms. The molecule has 0 aliphatic carbocycles. The fraction of sp³-hybridized carbons (Fsp3) is 0. The Hall–Kier alpha value is -2.02. The average molecular weight is 396 g/mol. The molecule has 120 valence electrons. The molecule has 0 aromatic carbocycles. The van der Waals surface area contributed by atoms with Gasteiger partial charge in [-0.15, -0.1) is 16.3 Å². The van der Waals surface area contributed by atoms with E-state index in [2.05, 4.69) is 0 Å². The van der Waals surface area contributed by atoms with Gasteiger partial charge in [0.05, 0.1) is 0 Å². The van der Waals surface area contributed by atoms with E-state index in [0.29, 0.717) is 0 Å². The summed E-state index contributed by atoms with van der Waals surface area (Å²) in [4.78, 5) is 66.8. The predicted molar refractivity (Wildman–Crippen MR) is 76.2 cm³/mol. The summed E-state index contributed by atoms with van der Waals surface area (Å²) in [5.74, 6) is 0. The molecule has 0 aliphatic heterocycles. The number of H-pyrrole nitrogens is 2. The standard InChI is InChI=1S/2C3HCl2N3O3/c2*4-7-1(9)6-2(10)8(5)3(7)11/h2*(H,6,9,10). The minimum absolute atomic E-state index is 0.161. The maximum atomic E-state index is 10.7. The monoisotopic (exact) mass is 394 g/mol. The zero-order chi connectivity index (χ0) is 17.2. The number of hydrogen-bond donors (Lipinski definition) is 2. The molecule has 2 heterocycles. The molecule has 0 aliphatic rings. The first kappa shape index (κ1) is 18.0. The second kappa shape index (κ2) is 6.83. The molecule has 0 radical (unpaired) electrons. The van der Waals surface area contributed by atoms with Crippen molar-refractivity contribution in [2.75, 3.05) is 0 Å². The lowest BCUT2D eigenvalue weighted by molar-refractivity contribution is 0.804. The van der Waals surface area contributed by atoms with Gasteiger partial charge in [-0.1, -0.05) is 0 Å². The van der Waals surface area contributed by atoms with Crippen molar-refractivity contribution in [3.05, 3.63) is 62.9 Å². The van der Waals surface area contributed by atoms with Crippen LogP contribution in [0, 0.1) is 0 Å². The van der Waals surface area contributed by atoms with Gasteiger partial charge in [0.2, 0.25) is 0 Å². The third kappa shape index (κ3) is 3.59. The van der Waals surface area contributed by atoms with Crippen molar-refractivity contribution in [1.82, 2.24) is 26.3 Å². The quantitative estimate of drug-likeness (QED) is 0.498. The van der Waals surface area contributed by atoms with E-state index in [0.717, 1.165) is 0 Å². The molecule has 0 unspecified atom stereocenters. The zero-order valence-electron chi connectivity index (χ0n) is 9.75. The lowest BCUT2D eigenvalue weighted by Gasteiger charge is -1.91. The highest BCUT2D eigenvalue weighted by Crippen LogP contribution is 1.72. The molecular weight excluding hydrogens is 394 g/mol. The summed E-state index contributed by atoms with van der Waals surface area (Å²) >= 11 is 20.3. The molecule has 2 rings (SSSR count). The summed E-state index contributed by atoms with van der Waals surface area (Å²) in [5.41, 5.74) is -6.25. The number of rotatable bonds is 0. The summed E-state index contributed by atoms with van der Waals surface area (Å²) in [5, 5.41) is 0. The molecule has 0 saturated carbocycles. The molecular formula is C6H2Cl4N6O6. The second-order valence-electron chi connectivity index (χ2n) is 3.16. The van der Waals surface area contributed by atoms with Crippen LogP contribution in [0.3, 0.4) is 0 Å². The molecule has 22 heavy (non-hydrogen) atoms. The smallest absolute Gasteiger partial charge is 0.257 e. The van der Waals surface area contributed by atoms with Crippen LogP contribution in [0.2, 0.25) is 0 Å². The Morgan fingerprint density at radius 2 is 0.682 bits per heavy atom. The van der Waals surface area contributed by atoms with Crippen LogP contribution >= 0.6 is 47.1 Å². The fourth-order valence-electron chi connectivity index (χ4n) is 0.881. The third-order valence-electron chi connectivity index (χ3n) is 1.81. The fourth-order valence-corrected chi connectivity index (χ4v) is 1.43. The molecule has 12 nitrogen and oxygen atoms in total. The van der Waals surface area contributed by atoms with Crippen molar-refractivity contribution in [2.24, 2.45) is 0 Å². The van der Waals surface area contributed by atoms with E-state index < -0.39 is 34.1 Å². The topological polar surface area (TPSA) is 154 Å². The van der Waals surface area contributed by atoms with Crippen molar-refractivity contribution >= 4 is 47.1 Å². The molecule has 2 aromatic rings. The van der Waals surface area contributed by atoms with E-state index in [-0.39, 0.29) is 16.3 Å². The van der Waals surface area contributed by atoms with Gasteiger partial charge in [-0.3, -0.25) is 9.97 Å². The summed E-state index contributed by atoms with van der Waals surface area (Å²) < 4.78 is 0.644.